The Balaban J connectivity index is 1.96. The molecule has 0 atom stereocenters. The first-order valence-electron chi connectivity index (χ1n) is 4.56. The van der Waals surface area contributed by atoms with Gasteiger partial charge in [0, 0.05) is 13.1 Å². The Morgan fingerprint density at radius 1 is 1.47 bits per heavy atom. The van der Waals surface area contributed by atoms with Crippen LogP contribution in [0.2, 0.25) is 0 Å². The zero-order valence-electron chi connectivity index (χ0n) is 8.05. The summed E-state index contributed by atoms with van der Waals surface area (Å²) in [5.41, 5.74) is 0. The summed E-state index contributed by atoms with van der Waals surface area (Å²) in [6.07, 6.45) is 0. The van der Waals surface area contributed by atoms with E-state index in [0.29, 0.717) is 5.75 Å². The van der Waals surface area contributed by atoms with Crippen LogP contribution in [0.3, 0.4) is 0 Å². The van der Waals surface area contributed by atoms with Gasteiger partial charge in [0.05, 0.1) is 25.0 Å². The summed E-state index contributed by atoms with van der Waals surface area (Å²) in [7, 11) is 0. The van der Waals surface area contributed by atoms with Gasteiger partial charge in [-0.25, -0.2) is 0 Å². The molecule has 0 radical (unpaired) electrons. The Morgan fingerprint density at radius 3 is 3.00 bits per heavy atom. The Kier molecular flexibility index (Phi) is 3.77. The van der Waals surface area contributed by atoms with Crippen LogP contribution in [0, 0.1) is 11.3 Å². The van der Waals surface area contributed by atoms with E-state index in [1.54, 1.807) is 0 Å². The summed E-state index contributed by atoms with van der Waals surface area (Å²) in [6, 6.07) is 2.07. The zero-order chi connectivity index (χ0) is 10.5. The number of nitriles is 1. The van der Waals surface area contributed by atoms with Crippen LogP contribution in [-0.2, 0) is 4.74 Å². The predicted molar refractivity (Wildman–Crippen MR) is 59.3 cm³/mol. The molecule has 15 heavy (non-hydrogen) atoms. The Hall–Kier alpha value is -0.840. The van der Waals surface area contributed by atoms with Crippen molar-refractivity contribution in [1.82, 2.24) is 10.2 Å². The first-order valence-corrected chi connectivity index (χ1v) is 6.36. The standard InChI is InChI=1S/C8H10N4OS2/c9-1-6-14-8-11-10-7(15-8)12-2-4-13-5-3-12/h2-6H2. The van der Waals surface area contributed by atoms with Crippen LogP contribution in [0.25, 0.3) is 0 Å². The molecule has 7 heteroatoms. The lowest BCUT2D eigenvalue weighted by Gasteiger charge is -2.25. The maximum Gasteiger partial charge on any atom is 0.209 e. The van der Waals surface area contributed by atoms with Crippen LogP contribution < -0.4 is 4.90 Å². The molecule has 0 aromatic carbocycles. The van der Waals surface area contributed by atoms with Crippen molar-refractivity contribution in [3.63, 3.8) is 0 Å². The second-order valence-corrected chi connectivity index (χ2v) is 5.08. The van der Waals surface area contributed by atoms with Gasteiger partial charge in [0.2, 0.25) is 5.13 Å². The first kappa shape index (κ1) is 10.7. The van der Waals surface area contributed by atoms with Crippen LogP contribution in [0.4, 0.5) is 5.13 Å². The molecule has 2 heterocycles. The van der Waals surface area contributed by atoms with Gasteiger partial charge in [-0.2, -0.15) is 5.26 Å². The predicted octanol–water partition coefficient (Wildman–Crippen LogP) is 0.990. The highest BCUT2D eigenvalue weighted by Gasteiger charge is 2.15. The number of morpholine rings is 1. The van der Waals surface area contributed by atoms with Crippen LogP contribution >= 0.6 is 23.1 Å². The molecule has 0 bridgehead atoms. The molecule has 2 rings (SSSR count). The van der Waals surface area contributed by atoms with Crippen molar-refractivity contribution in [3.05, 3.63) is 0 Å². The Bertz CT molecular complexity index is 356. The Labute approximate surface area is 96.1 Å². The number of anilines is 1. The molecule has 80 valence electrons. The lowest BCUT2D eigenvalue weighted by Crippen LogP contribution is -2.36. The molecule has 1 fully saturated rings. The summed E-state index contributed by atoms with van der Waals surface area (Å²) >= 11 is 2.97. The largest absolute Gasteiger partial charge is 0.378 e. The van der Waals surface area contributed by atoms with Gasteiger partial charge >= 0.3 is 0 Å². The third-order valence-corrected chi connectivity index (χ3v) is 3.92. The normalized spacial score (nSPS) is 16.3. The van der Waals surface area contributed by atoms with Crippen LogP contribution in [-0.4, -0.2) is 42.3 Å². The highest BCUT2D eigenvalue weighted by molar-refractivity contribution is 8.01. The molecule has 0 saturated carbocycles. The van der Waals surface area contributed by atoms with Crippen molar-refractivity contribution in [1.29, 1.82) is 5.26 Å². The molecule has 0 aliphatic carbocycles. The van der Waals surface area contributed by atoms with Gasteiger partial charge in [-0.1, -0.05) is 23.1 Å². The third kappa shape index (κ3) is 2.81. The van der Waals surface area contributed by atoms with E-state index in [2.05, 4.69) is 21.2 Å². The molecule has 0 spiro atoms. The minimum absolute atomic E-state index is 0.428. The highest BCUT2D eigenvalue weighted by Crippen LogP contribution is 2.27. The number of hydrogen-bond donors (Lipinski definition) is 0. The maximum absolute atomic E-state index is 8.44. The van der Waals surface area contributed by atoms with Crippen LogP contribution in [0.15, 0.2) is 4.34 Å². The maximum atomic E-state index is 8.44. The summed E-state index contributed by atoms with van der Waals surface area (Å²) in [4.78, 5) is 2.16. The fourth-order valence-electron chi connectivity index (χ4n) is 1.24. The topological polar surface area (TPSA) is 62.0 Å². The van der Waals surface area contributed by atoms with Crippen molar-refractivity contribution in [2.24, 2.45) is 0 Å². The van der Waals surface area contributed by atoms with E-state index in [1.807, 2.05) is 0 Å². The van der Waals surface area contributed by atoms with Crippen molar-refractivity contribution in [3.8, 4) is 6.07 Å². The summed E-state index contributed by atoms with van der Waals surface area (Å²) < 4.78 is 6.12. The third-order valence-electron chi connectivity index (χ3n) is 1.94. The van der Waals surface area contributed by atoms with E-state index in [9.17, 15) is 0 Å². The summed E-state index contributed by atoms with van der Waals surface area (Å²) in [5.74, 6) is 0.428. The molecular formula is C8H10N4OS2. The number of ether oxygens (including phenoxy) is 1. The number of aromatic nitrogens is 2. The van der Waals surface area contributed by atoms with Gasteiger partial charge in [0.15, 0.2) is 4.34 Å². The second-order valence-electron chi connectivity index (χ2n) is 2.90. The fourth-order valence-corrected chi connectivity index (χ4v) is 2.79. The van der Waals surface area contributed by atoms with Gasteiger partial charge in [0.25, 0.3) is 0 Å². The molecule has 0 N–H and O–H groups in total. The van der Waals surface area contributed by atoms with Gasteiger partial charge in [0.1, 0.15) is 0 Å². The smallest absolute Gasteiger partial charge is 0.209 e. The van der Waals surface area contributed by atoms with Crippen molar-refractivity contribution in [2.75, 3.05) is 37.0 Å². The summed E-state index contributed by atoms with van der Waals surface area (Å²) in [6.45, 7) is 3.25. The molecule has 0 amide bonds. The highest BCUT2D eigenvalue weighted by atomic mass is 32.2. The molecule has 1 aliphatic heterocycles. The van der Waals surface area contributed by atoms with Gasteiger partial charge < -0.3 is 9.64 Å². The summed E-state index contributed by atoms with van der Waals surface area (Å²) in [5, 5.41) is 17.5. The molecule has 0 unspecified atom stereocenters. The lowest BCUT2D eigenvalue weighted by atomic mass is 10.5. The first-order chi connectivity index (χ1) is 7.40. The molecule has 1 aliphatic rings. The van der Waals surface area contributed by atoms with Crippen molar-refractivity contribution < 1.29 is 4.74 Å². The van der Waals surface area contributed by atoms with Gasteiger partial charge in [-0.15, -0.1) is 10.2 Å². The minimum Gasteiger partial charge on any atom is -0.378 e. The zero-order valence-corrected chi connectivity index (χ0v) is 9.68. The quantitative estimate of drug-likeness (QED) is 0.737. The SMILES string of the molecule is N#CCSc1nnc(N2CCOCC2)s1. The lowest BCUT2D eigenvalue weighted by molar-refractivity contribution is 0.122. The van der Waals surface area contributed by atoms with Crippen molar-refractivity contribution in [2.45, 2.75) is 4.34 Å². The van der Waals surface area contributed by atoms with Gasteiger partial charge in [-0.3, -0.25) is 0 Å². The van der Waals surface area contributed by atoms with E-state index in [4.69, 9.17) is 10.00 Å². The van der Waals surface area contributed by atoms with E-state index < -0.39 is 0 Å². The average Bonchev–Trinajstić information content (AvgIpc) is 2.76. The minimum atomic E-state index is 0.428. The Morgan fingerprint density at radius 2 is 2.27 bits per heavy atom. The number of rotatable bonds is 3. The number of hydrogen-bond acceptors (Lipinski definition) is 7. The fraction of sp³-hybridized carbons (Fsp3) is 0.625. The van der Waals surface area contributed by atoms with Gasteiger partial charge in [-0.05, 0) is 0 Å². The van der Waals surface area contributed by atoms with Crippen LogP contribution in [0.1, 0.15) is 0 Å². The molecule has 1 saturated heterocycles. The molecular weight excluding hydrogens is 232 g/mol. The van der Waals surface area contributed by atoms with E-state index in [-0.39, 0.29) is 0 Å². The van der Waals surface area contributed by atoms with E-state index >= 15 is 0 Å². The average molecular weight is 242 g/mol. The van der Waals surface area contributed by atoms with Crippen LogP contribution in [0.5, 0.6) is 0 Å². The van der Waals surface area contributed by atoms with E-state index in [0.717, 1.165) is 35.8 Å². The van der Waals surface area contributed by atoms with Crippen molar-refractivity contribution >= 4 is 28.2 Å². The number of nitrogens with zero attached hydrogens (tertiary/aromatic N) is 4. The molecule has 1 aromatic rings. The number of thioether (sulfide) groups is 1. The van der Waals surface area contributed by atoms with E-state index in [1.165, 1.54) is 23.1 Å². The monoisotopic (exact) mass is 242 g/mol. The second kappa shape index (κ2) is 5.30. The molecule has 1 aromatic heterocycles. The molecule has 5 nitrogen and oxygen atoms in total.